The number of rotatable bonds is 7. The van der Waals surface area contributed by atoms with Gasteiger partial charge in [-0.3, -0.25) is 4.79 Å². The molecule has 0 radical (unpaired) electrons. The Balaban J connectivity index is 1.52. The molecule has 7 heteroatoms. The molecule has 0 saturated heterocycles. The number of aryl methyl sites for hydroxylation is 1. The SMILES string of the molecule is Cc1ccsc1C(=O)Nc1ccc(F)cc1-c1ccc(/C=N/OCc2ccccc2)c(F)c1. The van der Waals surface area contributed by atoms with Crippen molar-refractivity contribution < 1.29 is 18.4 Å². The van der Waals surface area contributed by atoms with E-state index in [-0.39, 0.29) is 18.1 Å². The highest BCUT2D eigenvalue weighted by molar-refractivity contribution is 7.12. The molecule has 0 bridgehead atoms. The topological polar surface area (TPSA) is 50.7 Å². The van der Waals surface area contributed by atoms with E-state index in [1.54, 1.807) is 6.07 Å². The Hall–Kier alpha value is -3.84. The highest BCUT2D eigenvalue weighted by Crippen LogP contribution is 2.31. The van der Waals surface area contributed by atoms with E-state index < -0.39 is 11.6 Å². The molecule has 0 aliphatic carbocycles. The van der Waals surface area contributed by atoms with Crippen LogP contribution in [-0.2, 0) is 11.4 Å². The third kappa shape index (κ3) is 5.51. The number of halogens is 2. The Morgan fingerprint density at radius 1 is 1.06 bits per heavy atom. The van der Waals surface area contributed by atoms with Gasteiger partial charge in [0.25, 0.3) is 5.91 Å². The van der Waals surface area contributed by atoms with Gasteiger partial charge in [-0.15, -0.1) is 11.3 Å². The zero-order valence-electron chi connectivity index (χ0n) is 17.7. The predicted molar refractivity (Wildman–Crippen MR) is 128 cm³/mol. The molecule has 3 aromatic carbocycles. The smallest absolute Gasteiger partial charge is 0.266 e. The van der Waals surface area contributed by atoms with Gasteiger partial charge in [-0.25, -0.2) is 8.78 Å². The lowest BCUT2D eigenvalue weighted by atomic mass is 10.0. The van der Waals surface area contributed by atoms with E-state index in [9.17, 15) is 13.6 Å². The first kappa shape index (κ1) is 22.4. The van der Waals surface area contributed by atoms with Gasteiger partial charge in [0.2, 0.25) is 0 Å². The van der Waals surface area contributed by atoms with Gasteiger partial charge in [0, 0.05) is 16.8 Å². The number of hydrogen-bond donors (Lipinski definition) is 1. The molecule has 1 amide bonds. The molecular formula is C26H20F2N2O2S. The van der Waals surface area contributed by atoms with E-state index in [1.165, 1.54) is 47.9 Å². The second kappa shape index (κ2) is 10.2. The van der Waals surface area contributed by atoms with Crippen LogP contribution in [0, 0.1) is 18.6 Å². The highest BCUT2D eigenvalue weighted by Gasteiger charge is 2.15. The summed E-state index contributed by atoms with van der Waals surface area (Å²) in [7, 11) is 0. The fourth-order valence-corrected chi connectivity index (χ4v) is 4.05. The molecule has 1 aromatic heterocycles. The number of nitrogens with one attached hydrogen (secondary N) is 1. The third-order valence-electron chi connectivity index (χ3n) is 4.95. The maximum atomic E-state index is 14.7. The minimum absolute atomic E-state index is 0.225. The lowest BCUT2D eigenvalue weighted by molar-refractivity contribution is 0.103. The summed E-state index contributed by atoms with van der Waals surface area (Å²) in [6.45, 7) is 2.11. The third-order valence-corrected chi connectivity index (χ3v) is 5.97. The van der Waals surface area contributed by atoms with Crippen LogP contribution in [0.4, 0.5) is 14.5 Å². The Labute approximate surface area is 194 Å². The Kier molecular flexibility index (Phi) is 6.90. The van der Waals surface area contributed by atoms with Gasteiger partial charge in [-0.1, -0.05) is 41.6 Å². The van der Waals surface area contributed by atoms with Crippen LogP contribution < -0.4 is 5.32 Å². The van der Waals surface area contributed by atoms with Gasteiger partial charge < -0.3 is 10.2 Å². The first-order chi connectivity index (χ1) is 16.0. The predicted octanol–water partition coefficient (Wildman–Crippen LogP) is 6.80. The lowest BCUT2D eigenvalue weighted by Gasteiger charge is -2.12. The van der Waals surface area contributed by atoms with E-state index in [0.29, 0.717) is 21.7 Å². The maximum absolute atomic E-state index is 14.7. The van der Waals surface area contributed by atoms with Crippen LogP contribution in [0.15, 0.2) is 83.3 Å². The number of thiophene rings is 1. The number of amides is 1. The van der Waals surface area contributed by atoms with Crippen LogP contribution in [-0.4, -0.2) is 12.1 Å². The molecule has 0 aliphatic rings. The fraction of sp³-hybridized carbons (Fsp3) is 0.0769. The normalized spacial score (nSPS) is 11.0. The molecule has 33 heavy (non-hydrogen) atoms. The van der Waals surface area contributed by atoms with Crippen LogP contribution in [0.1, 0.15) is 26.4 Å². The van der Waals surface area contributed by atoms with Gasteiger partial charge in [0.05, 0.1) is 11.1 Å². The molecule has 4 nitrogen and oxygen atoms in total. The number of carbonyl (C=O) groups is 1. The summed E-state index contributed by atoms with van der Waals surface area (Å²) in [5.74, 6) is -1.33. The summed E-state index contributed by atoms with van der Waals surface area (Å²) < 4.78 is 28.7. The van der Waals surface area contributed by atoms with Gasteiger partial charge >= 0.3 is 0 Å². The van der Waals surface area contributed by atoms with Crippen LogP contribution in [0.2, 0.25) is 0 Å². The van der Waals surface area contributed by atoms with Crippen LogP contribution >= 0.6 is 11.3 Å². The van der Waals surface area contributed by atoms with E-state index in [1.807, 2.05) is 48.7 Å². The molecule has 1 N–H and O–H groups in total. The van der Waals surface area contributed by atoms with Crippen molar-refractivity contribution in [1.82, 2.24) is 0 Å². The molecule has 0 spiro atoms. The number of anilines is 1. The number of hydrogen-bond acceptors (Lipinski definition) is 4. The quantitative estimate of drug-likeness (QED) is 0.242. The van der Waals surface area contributed by atoms with E-state index in [4.69, 9.17) is 4.84 Å². The Bertz CT molecular complexity index is 1300. The van der Waals surface area contributed by atoms with E-state index >= 15 is 0 Å². The summed E-state index contributed by atoms with van der Waals surface area (Å²) in [6, 6.07) is 19.8. The zero-order chi connectivity index (χ0) is 23.2. The average molecular weight is 463 g/mol. The molecule has 0 aliphatic heterocycles. The molecule has 0 fully saturated rings. The molecule has 0 unspecified atom stereocenters. The number of carbonyl (C=O) groups excluding carboxylic acids is 1. The van der Waals surface area contributed by atoms with Crippen molar-refractivity contribution in [3.05, 3.63) is 111 Å². The Morgan fingerprint density at radius 2 is 1.88 bits per heavy atom. The van der Waals surface area contributed by atoms with Crippen molar-refractivity contribution in [3.63, 3.8) is 0 Å². The molecule has 1 heterocycles. The minimum atomic E-state index is -0.546. The molecular weight excluding hydrogens is 442 g/mol. The lowest BCUT2D eigenvalue weighted by Crippen LogP contribution is -2.12. The first-order valence-corrected chi connectivity index (χ1v) is 11.0. The van der Waals surface area contributed by atoms with Gasteiger partial charge in [0.15, 0.2) is 0 Å². The standard InChI is InChI=1S/C26H20F2N2O2S/c1-17-11-12-33-25(17)26(31)30-24-10-9-21(27)14-22(24)19-7-8-20(23(28)13-19)15-29-32-16-18-5-3-2-4-6-18/h2-15H,16H2,1H3,(H,30,31)/b29-15+. The first-order valence-electron chi connectivity index (χ1n) is 10.2. The zero-order valence-corrected chi connectivity index (χ0v) is 18.5. The molecule has 0 saturated carbocycles. The number of benzene rings is 3. The summed E-state index contributed by atoms with van der Waals surface area (Å²) in [5, 5.41) is 8.46. The second-order valence-corrected chi connectivity index (χ2v) is 8.22. The van der Waals surface area contributed by atoms with Crippen molar-refractivity contribution in [2.45, 2.75) is 13.5 Å². The van der Waals surface area contributed by atoms with Crippen LogP contribution in [0.3, 0.4) is 0 Å². The summed E-state index contributed by atoms with van der Waals surface area (Å²) in [5.41, 5.74) is 3.21. The van der Waals surface area contributed by atoms with Gasteiger partial charge in [0.1, 0.15) is 18.2 Å². The summed E-state index contributed by atoms with van der Waals surface area (Å²) >= 11 is 1.32. The van der Waals surface area contributed by atoms with E-state index in [2.05, 4.69) is 10.5 Å². The molecule has 0 atom stereocenters. The molecule has 166 valence electrons. The second-order valence-electron chi connectivity index (χ2n) is 7.31. The van der Waals surface area contributed by atoms with Crippen LogP contribution in [0.25, 0.3) is 11.1 Å². The van der Waals surface area contributed by atoms with Gasteiger partial charge in [-0.2, -0.15) is 0 Å². The largest absolute Gasteiger partial charge is 0.391 e. The van der Waals surface area contributed by atoms with E-state index in [0.717, 1.165) is 11.1 Å². The van der Waals surface area contributed by atoms with Crippen molar-refractivity contribution in [2.75, 3.05) is 5.32 Å². The maximum Gasteiger partial charge on any atom is 0.266 e. The minimum Gasteiger partial charge on any atom is -0.391 e. The van der Waals surface area contributed by atoms with Crippen molar-refractivity contribution >= 4 is 29.1 Å². The van der Waals surface area contributed by atoms with Crippen molar-refractivity contribution in [3.8, 4) is 11.1 Å². The highest BCUT2D eigenvalue weighted by atomic mass is 32.1. The molecule has 4 rings (SSSR count). The van der Waals surface area contributed by atoms with Crippen molar-refractivity contribution in [1.29, 1.82) is 0 Å². The number of nitrogens with zero attached hydrogens (tertiary/aromatic N) is 1. The summed E-state index contributed by atoms with van der Waals surface area (Å²) in [4.78, 5) is 18.4. The van der Waals surface area contributed by atoms with Gasteiger partial charge in [-0.05, 0) is 65.4 Å². The molecule has 4 aromatic rings. The summed E-state index contributed by atoms with van der Waals surface area (Å²) in [6.07, 6.45) is 1.29. The monoisotopic (exact) mass is 462 g/mol. The number of oxime groups is 1. The Morgan fingerprint density at radius 3 is 2.61 bits per heavy atom. The van der Waals surface area contributed by atoms with Crippen LogP contribution in [0.5, 0.6) is 0 Å². The van der Waals surface area contributed by atoms with Crippen molar-refractivity contribution in [2.24, 2.45) is 5.16 Å². The fourth-order valence-electron chi connectivity index (χ4n) is 3.23. The average Bonchev–Trinajstić information content (AvgIpc) is 3.25.